The fraction of sp³-hybridized carbons (Fsp3) is 0.273. The molecule has 0 spiro atoms. The summed E-state index contributed by atoms with van der Waals surface area (Å²) in [5.41, 5.74) is 4.07. The Morgan fingerprint density at radius 3 is 2.89 bits per heavy atom. The van der Waals surface area contributed by atoms with E-state index >= 15 is 0 Å². The number of imide groups is 1. The van der Waals surface area contributed by atoms with Gasteiger partial charge in [0.05, 0.1) is 25.3 Å². The van der Waals surface area contributed by atoms with E-state index in [4.69, 9.17) is 4.74 Å². The summed E-state index contributed by atoms with van der Waals surface area (Å²) in [6.07, 6.45) is 2.96. The minimum Gasteiger partial charge on any atom is -0.497 e. The summed E-state index contributed by atoms with van der Waals surface area (Å²) in [5.74, 6) is 0.204. The number of aromatic amines is 1. The largest absolute Gasteiger partial charge is 0.497 e. The van der Waals surface area contributed by atoms with Crippen LogP contribution in [-0.2, 0) is 16.0 Å². The van der Waals surface area contributed by atoms with Crippen molar-refractivity contribution in [2.75, 3.05) is 18.6 Å². The molecule has 144 valence electrons. The SMILES string of the molecule is COc1cccc(N2C(=O)C[C@@H](NCCc3c[nH]c4ccc(C)cc34)C2=O)c1. The van der Waals surface area contributed by atoms with E-state index in [2.05, 4.69) is 35.4 Å². The van der Waals surface area contributed by atoms with E-state index < -0.39 is 6.04 Å². The highest BCUT2D eigenvalue weighted by atomic mass is 16.5. The Balaban J connectivity index is 1.42. The van der Waals surface area contributed by atoms with Crippen molar-refractivity contribution >= 4 is 28.4 Å². The zero-order valence-corrected chi connectivity index (χ0v) is 16.0. The molecule has 2 aromatic carbocycles. The van der Waals surface area contributed by atoms with Gasteiger partial charge in [0.2, 0.25) is 5.91 Å². The highest BCUT2D eigenvalue weighted by molar-refractivity contribution is 6.22. The van der Waals surface area contributed by atoms with Gasteiger partial charge in [0.15, 0.2) is 0 Å². The number of nitrogens with one attached hydrogen (secondary N) is 2. The summed E-state index contributed by atoms with van der Waals surface area (Å²) in [4.78, 5) is 29.7. The number of H-pyrrole nitrogens is 1. The molecular weight excluding hydrogens is 354 g/mol. The Bertz CT molecular complexity index is 1040. The van der Waals surface area contributed by atoms with Gasteiger partial charge in [0.25, 0.3) is 5.91 Å². The number of aromatic nitrogens is 1. The topological polar surface area (TPSA) is 74.4 Å². The van der Waals surface area contributed by atoms with Crippen molar-refractivity contribution in [1.82, 2.24) is 10.3 Å². The Hall–Kier alpha value is -3.12. The number of rotatable bonds is 6. The second-order valence-corrected chi connectivity index (χ2v) is 7.09. The zero-order valence-electron chi connectivity index (χ0n) is 16.0. The Morgan fingerprint density at radius 1 is 1.21 bits per heavy atom. The molecule has 0 radical (unpaired) electrons. The van der Waals surface area contributed by atoms with Gasteiger partial charge >= 0.3 is 0 Å². The van der Waals surface area contributed by atoms with E-state index in [1.807, 2.05) is 6.20 Å². The van der Waals surface area contributed by atoms with Crippen molar-refractivity contribution in [3.63, 3.8) is 0 Å². The van der Waals surface area contributed by atoms with Crippen molar-refractivity contribution in [3.05, 3.63) is 59.8 Å². The molecule has 2 N–H and O–H groups in total. The molecule has 0 unspecified atom stereocenters. The smallest absolute Gasteiger partial charge is 0.251 e. The van der Waals surface area contributed by atoms with Crippen molar-refractivity contribution < 1.29 is 14.3 Å². The summed E-state index contributed by atoms with van der Waals surface area (Å²) in [6, 6.07) is 12.8. The molecule has 4 rings (SSSR count). The van der Waals surface area contributed by atoms with Crippen LogP contribution in [0, 0.1) is 6.92 Å². The Morgan fingerprint density at radius 2 is 2.07 bits per heavy atom. The van der Waals surface area contributed by atoms with Crippen LogP contribution in [0.2, 0.25) is 0 Å². The lowest BCUT2D eigenvalue weighted by Crippen LogP contribution is -2.39. The number of hydrogen-bond donors (Lipinski definition) is 2. The maximum absolute atomic E-state index is 12.8. The predicted octanol–water partition coefficient (Wildman–Crippen LogP) is 2.95. The van der Waals surface area contributed by atoms with E-state index in [9.17, 15) is 9.59 Å². The average Bonchev–Trinajstić information content (AvgIpc) is 3.22. The van der Waals surface area contributed by atoms with Gasteiger partial charge in [-0.2, -0.15) is 0 Å². The van der Waals surface area contributed by atoms with Crippen molar-refractivity contribution in [3.8, 4) is 5.75 Å². The van der Waals surface area contributed by atoms with Crippen LogP contribution in [0.15, 0.2) is 48.7 Å². The molecule has 6 heteroatoms. The zero-order chi connectivity index (χ0) is 19.7. The fourth-order valence-corrected chi connectivity index (χ4v) is 3.69. The highest BCUT2D eigenvalue weighted by Gasteiger charge is 2.39. The number of fused-ring (bicyclic) bond motifs is 1. The van der Waals surface area contributed by atoms with Crippen molar-refractivity contribution in [2.45, 2.75) is 25.8 Å². The lowest BCUT2D eigenvalue weighted by atomic mass is 10.1. The van der Waals surface area contributed by atoms with E-state index in [0.717, 1.165) is 11.9 Å². The van der Waals surface area contributed by atoms with E-state index in [-0.39, 0.29) is 18.2 Å². The number of hydrogen-bond acceptors (Lipinski definition) is 4. The maximum Gasteiger partial charge on any atom is 0.251 e. The van der Waals surface area contributed by atoms with Gasteiger partial charge in [-0.25, -0.2) is 4.90 Å². The number of carbonyl (C=O) groups excluding carboxylic acids is 2. The molecule has 1 aromatic heterocycles. The number of aryl methyl sites for hydroxylation is 1. The Kier molecular flexibility index (Phi) is 4.88. The van der Waals surface area contributed by atoms with Gasteiger partial charge in [-0.15, -0.1) is 0 Å². The first-order chi connectivity index (χ1) is 13.6. The monoisotopic (exact) mass is 377 g/mol. The number of methoxy groups -OCH3 is 1. The maximum atomic E-state index is 12.8. The van der Waals surface area contributed by atoms with E-state index in [1.165, 1.54) is 21.4 Å². The van der Waals surface area contributed by atoms with Crippen LogP contribution in [0.5, 0.6) is 5.75 Å². The van der Waals surface area contributed by atoms with Crippen LogP contribution in [0.4, 0.5) is 5.69 Å². The van der Waals surface area contributed by atoms with E-state index in [0.29, 0.717) is 18.0 Å². The quantitative estimate of drug-likeness (QED) is 0.648. The number of benzene rings is 2. The second-order valence-electron chi connectivity index (χ2n) is 7.09. The third kappa shape index (κ3) is 3.39. The molecule has 1 saturated heterocycles. The predicted molar refractivity (Wildman–Crippen MR) is 109 cm³/mol. The molecule has 1 fully saturated rings. The minimum atomic E-state index is -0.495. The molecule has 28 heavy (non-hydrogen) atoms. The van der Waals surface area contributed by atoms with Crippen LogP contribution in [0.1, 0.15) is 17.5 Å². The molecule has 1 aliphatic rings. The van der Waals surface area contributed by atoms with Crippen LogP contribution in [0.3, 0.4) is 0 Å². The lowest BCUT2D eigenvalue weighted by Gasteiger charge is -2.16. The molecule has 6 nitrogen and oxygen atoms in total. The molecule has 2 amide bonds. The van der Waals surface area contributed by atoms with Gasteiger partial charge in [-0.1, -0.05) is 17.7 Å². The van der Waals surface area contributed by atoms with Gasteiger partial charge in [-0.3, -0.25) is 9.59 Å². The highest BCUT2D eigenvalue weighted by Crippen LogP contribution is 2.26. The number of amides is 2. The van der Waals surface area contributed by atoms with Crippen LogP contribution < -0.4 is 15.0 Å². The normalized spacial score (nSPS) is 16.9. The molecule has 2 heterocycles. The second kappa shape index (κ2) is 7.48. The van der Waals surface area contributed by atoms with Crippen LogP contribution in [-0.4, -0.2) is 36.5 Å². The molecule has 3 aromatic rings. The summed E-state index contributed by atoms with van der Waals surface area (Å²) in [6.45, 7) is 2.70. The third-order valence-corrected chi connectivity index (χ3v) is 5.17. The van der Waals surface area contributed by atoms with Crippen LogP contribution >= 0.6 is 0 Å². The number of ether oxygens (including phenoxy) is 1. The van der Waals surface area contributed by atoms with E-state index in [1.54, 1.807) is 31.4 Å². The van der Waals surface area contributed by atoms with Gasteiger partial charge < -0.3 is 15.0 Å². The summed E-state index contributed by atoms with van der Waals surface area (Å²) < 4.78 is 5.19. The summed E-state index contributed by atoms with van der Waals surface area (Å²) in [7, 11) is 1.56. The number of nitrogens with zero attached hydrogens (tertiary/aromatic N) is 1. The first kappa shape index (κ1) is 18.3. The number of anilines is 1. The van der Waals surface area contributed by atoms with Gasteiger partial charge in [0, 0.05) is 29.7 Å². The first-order valence-corrected chi connectivity index (χ1v) is 9.37. The van der Waals surface area contributed by atoms with Crippen molar-refractivity contribution in [2.24, 2.45) is 0 Å². The first-order valence-electron chi connectivity index (χ1n) is 9.37. The molecule has 0 bridgehead atoms. The molecular formula is C22H23N3O3. The minimum absolute atomic E-state index is 0.170. The molecule has 1 atom stereocenters. The molecule has 0 saturated carbocycles. The fourth-order valence-electron chi connectivity index (χ4n) is 3.69. The van der Waals surface area contributed by atoms with Crippen LogP contribution in [0.25, 0.3) is 10.9 Å². The average molecular weight is 377 g/mol. The summed E-state index contributed by atoms with van der Waals surface area (Å²) in [5, 5.41) is 4.45. The van der Waals surface area contributed by atoms with Gasteiger partial charge in [-0.05, 0) is 43.2 Å². The Labute approximate surface area is 163 Å². The number of carbonyl (C=O) groups is 2. The van der Waals surface area contributed by atoms with Crippen molar-refractivity contribution in [1.29, 1.82) is 0 Å². The standard InChI is InChI=1S/C22H23N3O3/c1-14-6-7-19-18(10-14)15(13-24-19)8-9-23-20-12-21(26)25(22(20)27)16-4-3-5-17(11-16)28-2/h3-7,10-11,13,20,23-24H,8-9,12H2,1-2H3/t20-/m1/s1. The van der Waals surface area contributed by atoms with Gasteiger partial charge in [0.1, 0.15) is 5.75 Å². The lowest BCUT2D eigenvalue weighted by molar-refractivity contribution is -0.121. The molecule has 1 aliphatic heterocycles. The summed E-state index contributed by atoms with van der Waals surface area (Å²) >= 11 is 0. The molecule has 0 aliphatic carbocycles. The third-order valence-electron chi connectivity index (χ3n) is 5.17.